The highest BCUT2D eigenvalue weighted by atomic mass is 16.4. The van der Waals surface area contributed by atoms with Crippen LogP contribution in [0.25, 0.3) is 22.6 Å². The predicted molar refractivity (Wildman–Crippen MR) is 187 cm³/mol. The maximum Gasteiger partial charge on any atom is 0.303 e. The molecule has 0 aliphatic carbocycles. The van der Waals surface area contributed by atoms with Crippen molar-refractivity contribution in [2.75, 3.05) is 5.32 Å². The Morgan fingerprint density at radius 1 is 0.809 bits per heavy atom. The van der Waals surface area contributed by atoms with E-state index in [9.17, 15) is 9.59 Å². The second-order valence-corrected chi connectivity index (χ2v) is 13.4. The van der Waals surface area contributed by atoms with Crippen molar-refractivity contribution in [1.29, 1.82) is 0 Å². The van der Waals surface area contributed by atoms with Crippen LogP contribution in [0.5, 0.6) is 0 Å². The Bertz CT molecular complexity index is 1830. The van der Waals surface area contributed by atoms with Crippen LogP contribution in [-0.2, 0) is 16.6 Å². The number of benzene rings is 4. The van der Waals surface area contributed by atoms with Gasteiger partial charge in [0.15, 0.2) is 5.78 Å². The van der Waals surface area contributed by atoms with Gasteiger partial charge in [-0.25, -0.2) is 0 Å². The van der Waals surface area contributed by atoms with Crippen molar-refractivity contribution in [2.45, 2.75) is 78.7 Å². The molecule has 47 heavy (non-hydrogen) atoms. The van der Waals surface area contributed by atoms with E-state index >= 15 is 0 Å². The lowest BCUT2D eigenvalue weighted by Crippen LogP contribution is -2.14. The van der Waals surface area contributed by atoms with E-state index < -0.39 is 5.97 Å². The molecule has 0 amide bonds. The SMILES string of the molecule is Cc1cc(C)c(-c2ccc(C[C@H](Nc3ccc(C(=O)CCCC(=O)O)cc3)c3nnc(-c4ccc(C(C)(C)C)cc4)o3)cc2)c(C)c1. The van der Waals surface area contributed by atoms with Crippen molar-refractivity contribution in [3.05, 3.63) is 124 Å². The topological polar surface area (TPSA) is 105 Å². The van der Waals surface area contributed by atoms with Crippen LogP contribution in [0.15, 0.2) is 89.3 Å². The van der Waals surface area contributed by atoms with Gasteiger partial charge in [0.2, 0.25) is 11.8 Å². The summed E-state index contributed by atoms with van der Waals surface area (Å²) in [5.41, 5.74) is 10.8. The molecule has 4 aromatic carbocycles. The zero-order valence-electron chi connectivity index (χ0n) is 28.1. The number of carbonyl (C=O) groups excluding carboxylic acids is 1. The first-order valence-corrected chi connectivity index (χ1v) is 16.1. The summed E-state index contributed by atoms with van der Waals surface area (Å²) in [5, 5.41) is 21.3. The lowest BCUT2D eigenvalue weighted by Gasteiger charge is -2.19. The van der Waals surface area contributed by atoms with E-state index in [2.05, 4.69) is 106 Å². The largest absolute Gasteiger partial charge is 0.481 e. The molecular weight excluding hydrogens is 586 g/mol. The molecule has 2 N–H and O–H groups in total. The Morgan fingerprint density at radius 3 is 2.02 bits per heavy atom. The summed E-state index contributed by atoms with van der Waals surface area (Å²) in [6.45, 7) is 13.0. The quantitative estimate of drug-likeness (QED) is 0.132. The number of anilines is 1. The highest BCUT2D eigenvalue weighted by Gasteiger charge is 2.22. The first kappa shape index (κ1) is 33.3. The molecule has 0 aliphatic heterocycles. The lowest BCUT2D eigenvalue weighted by atomic mass is 9.87. The number of ketones is 1. The molecule has 5 rings (SSSR count). The summed E-state index contributed by atoms with van der Waals surface area (Å²) in [4.78, 5) is 23.4. The minimum atomic E-state index is -0.899. The Labute approximate surface area is 277 Å². The summed E-state index contributed by atoms with van der Waals surface area (Å²) < 4.78 is 6.28. The van der Waals surface area contributed by atoms with Gasteiger partial charge in [0, 0.05) is 36.1 Å². The van der Waals surface area contributed by atoms with Crippen molar-refractivity contribution >= 4 is 17.4 Å². The number of Topliss-reactive ketones (excluding diaryl/α,β-unsaturated/α-hetero) is 1. The van der Waals surface area contributed by atoms with Crippen LogP contribution in [0, 0.1) is 20.8 Å². The van der Waals surface area contributed by atoms with Crippen LogP contribution in [0.3, 0.4) is 0 Å². The van der Waals surface area contributed by atoms with Crippen LogP contribution in [0.1, 0.15) is 90.1 Å². The number of rotatable bonds is 12. The Kier molecular flexibility index (Phi) is 10.0. The van der Waals surface area contributed by atoms with Crippen molar-refractivity contribution in [3.63, 3.8) is 0 Å². The van der Waals surface area contributed by atoms with Gasteiger partial charge in [-0.15, -0.1) is 10.2 Å². The first-order chi connectivity index (χ1) is 22.4. The van der Waals surface area contributed by atoms with E-state index in [1.165, 1.54) is 33.4 Å². The number of hydrogen-bond donors (Lipinski definition) is 2. The number of hydrogen-bond acceptors (Lipinski definition) is 6. The highest BCUT2D eigenvalue weighted by Crippen LogP contribution is 2.31. The summed E-state index contributed by atoms with van der Waals surface area (Å²) in [6.07, 6.45) is 1.08. The fourth-order valence-corrected chi connectivity index (χ4v) is 5.98. The van der Waals surface area contributed by atoms with E-state index in [0.717, 1.165) is 16.8 Å². The fourth-order valence-electron chi connectivity index (χ4n) is 5.98. The zero-order chi connectivity index (χ0) is 33.7. The van der Waals surface area contributed by atoms with Gasteiger partial charge in [-0.1, -0.05) is 74.9 Å². The highest BCUT2D eigenvalue weighted by molar-refractivity contribution is 5.96. The van der Waals surface area contributed by atoms with Gasteiger partial charge in [0.05, 0.1) is 0 Å². The molecule has 242 valence electrons. The van der Waals surface area contributed by atoms with E-state index in [4.69, 9.17) is 9.52 Å². The molecular formula is C40H43N3O4. The number of aryl methyl sites for hydroxylation is 3. The normalized spacial score (nSPS) is 12.1. The van der Waals surface area contributed by atoms with E-state index in [-0.39, 0.29) is 30.1 Å². The molecule has 0 saturated carbocycles. The van der Waals surface area contributed by atoms with Gasteiger partial charge in [-0.3, -0.25) is 9.59 Å². The van der Waals surface area contributed by atoms with Crippen LogP contribution in [-0.4, -0.2) is 27.1 Å². The molecule has 7 nitrogen and oxygen atoms in total. The lowest BCUT2D eigenvalue weighted by molar-refractivity contribution is -0.137. The minimum absolute atomic E-state index is 0.0226. The van der Waals surface area contributed by atoms with Crippen LogP contribution >= 0.6 is 0 Å². The molecule has 0 spiro atoms. The van der Waals surface area contributed by atoms with Crippen LogP contribution < -0.4 is 5.32 Å². The summed E-state index contributed by atoms with van der Waals surface area (Å²) in [7, 11) is 0. The van der Waals surface area contributed by atoms with Crippen LogP contribution in [0.2, 0.25) is 0 Å². The number of aliphatic carboxylic acids is 1. The molecule has 0 radical (unpaired) electrons. The first-order valence-electron chi connectivity index (χ1n) is 16.1. The average molecular weight is 630 g/mol. The van der Waals surface area contributed by atoms with Crippen molar-refractivity contribution in [3.8, 4) is 22.6 Å². The third-order valence-corrected chi connectivity index (χ3v) is 8.44. The second-order valence-electron chi connectivity index (χ2n) is 13.4. The van der Waals surface area contributed by atoms with Crippen molar-refractivity contribution < 1.29 is 19.1 Å². The molecule has 7 heteroatoms. The van der Waals surface area contributed by atoms with Gasteiger partial charge in [0.25, 0.3) is 0 Å². The molecule has 0 fully saturated rings. The summed E-state index contributed by atoms with van der Waals surface area (Å²) in [5.74, 6) is -0.0599. The standard InChI is InChI=1S/C40H43N3O4/c1-25-22-26(2)37(27(3)23-25)30-12-10-28(11-13-30)24-34(41-33-20-16-29(17-21-33)35(44)8-7-9-36(45)46)39-43-42-38(47-39)31-14-18-32(19-15-31)40(4,5)6/h10-23,34,41H,7-9,24H2,1-6H3,(H,45,46)/t34-/m0/s1. The van der Waals surface area contributed by atoms with Crippen molar-refractivity contribution in [2.24, 2.45) is 0 Å². The summed E-state index contributed by atoms with van der Waals surface area (Å²) >= 11 is 0. The molecule has 0 aliphatic rings. The third kappa shape index (κ3) is 8.41. The molecule has 5 aromatic rings. The van der Waals surface area contributed by atoms with E-state index in [1.54, 1.807) is 12.1 Å². The summed E-state index contributed by atoms with van der Waals surface area (Å²) in [6, 6.07) is 28.2. The number of carbonyl (C=O) groups is 2. The maximum atomic E-state index is 12.6. The number of carboxylic acid groups (broad SMARTS) is 1. The van der Waals surface area contributed by atoms with Gasteiger partial charge in [-0.05, 0) is 102 Å². The maximum absolute atomic E-state index is 12.6. The molecule has 0 saturated heterocycles. The van der Waals surface area contributed by atoms with E-state index in [0.29, 0.717) is 30.2 Å². The van der Waals surface area contributed by atoms with Gasteiger partial charge >= 0.3 is 5.97 Å². The van der Waals surface area contributed by atoms with Gasteiger partial charge < -0.3 is 14.8 Å². The Balaban J connectivity index is 1.39. The average Bonchev–Trinajstić information content (AvgIpc) is 3.51. The number of nitrogens with zero attached hydrogens (tertiary/aromatic N) is 2. The number of nitrogens with one attached hydrogen (secondary N) is 1. The van der Waals surface area contributed by atoms with Gasteiger partial charge in [0.1, 0.15) is 6.04 Å². The van der Waals surface area contributed by atoms with Crippen LogP contribution in [0.4, 0.5) is 5.69 Å². The fraction of sp³-hybridized carbons (Fsp3) is 0.300. The monoisotopic (exact) mass is 629 g/mol. The van der Waals surface area contributed by atoms with E-state index in [1.807, 2.05) is 24.3 Å². The molecule has 0 bridgehead atoms. The third-order valence-electron chi connectivity index (χ3n) is 8.44. The minimum Gasteiger partial charge on any atom is -0.481 e. The van der Waals surface area contributed by atoms with Crippen molar-refractivity contribution in [1.82, 2.24) is 10.2 Å². The predicted octanol–water partition coefficient (Wildman–Crippen LogP) is 9.46. The van der Waals surface area contributed by atoms with Gasteiger partial charge in [-0.2, -0.15) is 0 Å². The Morgan fingerprint density at radius 2 is 1.43 bits per heavy atom. The molecule has 1 heterocycles. The number of aromatic nitrogens is 2. The second kappa shape index (κ2) is 14.2. The smallest absolute Gasteiger partial charge is 0.303 e. The molecule has 0 unspecified atom stereocenters. The Hall–Kier alpha value is -5.04. The zero-order valence-corrected chi connectivity index (χ0v) is 28.1. The number of carboxylic acids is 1. The molecule has 1 aromatic heterocycles. The molecule has 1 atom stereocenters.